The first-order valence-electron chi connectivity index (χ1n) is 8.31. The van der Waals surface area contributed by atoms with Crippen molar-refractivity contribution in [1.29, 1.82) is 0 Å². The Bertz CT molecular complexity index is 958. The third-order valence-corrected chi connectivity index (χ3v) is 4.19. The monoisotopic (exact) mass is 351 g/mol. The number of nitrogens with zero attached hydrogens (tertiary/aromatic N) is 1. The average molecular weight is 351 g/mol. The third kappa shape index (κ3) is 3.39. The van der Waals surface area contributed by atoms with E-state index in [1.807, 2.05) is 25.1 Å². The van der Waals surface area contributed by atoms with Gasteiger partial charge in [0.25, 0.3) is 0 Å². The summed E-state index contributed by atoms with van der Waals surface area (Å²) < 4.78 is 6.91. The molecule has 0 fully saturated rings. The molecule has 3 aromatic rings. The first kappa shape index (κ1) is 17.5. The molecule has 0 unspecified atom stereocenters. The molecule has 6 nitrogen and oxygen atoms in total. The summed E-state index contributed by atoms with van der Waals surface area (Å²) in [5.41, 5.74) is 1.84. The van der Waals surface area contributed by atoms with Crippen molar-refractivity contribution in [2.45, 2.75) is 13.3 Å². The Morgan fingerprint density at radius 1 is 1.12 bits per heavy atom. The average Bonchev–Trinajstić information content (AvgIpc) is 2.89. The highest BCUT2D eigenvalue weighted by atomic mass is 16.5. The molecule has 0 saturated carbocycles. The zero-order valence-corrected chi connectivity index (χ0v) is 14.6. The standard InChI is InChI=1S/C20H20N2O4/c1-3-26-14-10-8-13(9-11-14)21-18(23)12-16-15-6-4-5-7-17(15)22(2)19(16)20(24)25/h4-11H,3,12H2,1-2H3,(H,21,23)(H,24,25)/p-1. The summed E-state index contributed by atoms with van der Waals surface area (Å²) in [7, 11) is 1.65. The fourth-order valence-corrected chi connectivity index (χ4v) is 3.08. The van der Waals surface area contributed by atoms with Gasteiger partial charge in [-0.05, 0) is 42.8 Å². The van der Waals surface area contributed by atoms with Gasteiger partial charge in [-0.1, -0.05) is 18.2 Å². The molecule has 1 aromatic heterocycles. The van der Waals surface area contributed by atoms with E-state index in [4.69, 9.17) is 4.74 Å². The van der Waals surface area contributed by atoms with Gasteiger partial charge in [0.15, 0.2) is 0 Å². The fraction of sp³-hybridized carbons (Fsp3) is 0.200. The molecule has 0 saturated heterocycles. The van der Waals surface area contributed by atoms with E-state index in [1.165, 1.54) is 0 Å². The molecule has 0 atom stereocenters. The highest BCUT2D eigenvalue weighted by Crippen LogP contribution is 2.26. The predicted octanol–water partition coefficient (Wildman–Crippen LogP) is 2.12. The number of ether oxygens (including phenoxy) is 1. The molecule has 1 N–H and O–H groups in total. The normalized spacial score (nSPS) is 10.7. The topological polar surface area (TPSA) is 83.4 Å². The lowest BCUT2D eigenvalue weighted by Gasteiger charge is -2.10. The lowest BCUT2D eigenvalue weighted by Crippen LogP contribution is -2.27. The lowest BCUT2D eigenvalue weighted by molar-refractivity contribution is -0.255. The molecule has 1 heterocycles. The van der Waals surface area contributed by atoms with Crippen LogP contribution < -0.4 is 15.2 Å². The zero-order valence-electron chi connectivity index (χ0n) is 14.6. The van der Waals surface area contributed by atoms with Gasteiger partial charge in [-0.2, -0.15) is 0 Å². The molecule has 0 radical (unpaired) electrons. The van der Waals surface area contributed by atoms with Crippen molar-refractivity contribution in [2.24, 2.45) is 7.05 Å². The molecular weight excluding hydrogens is 332 g/mol. The van der Waals surface area contributed by atoms with Gasteiger partial charge in [-0.25, -0.2) is 0 Å². The second kappa shape index (κ2) is 7.31. The number of amides is 1. The highest BCUT2D eigenvalue weighted by Gasteiger charge is 2.18. The van der Waals surface area contributed by atoms with Crippen molar-refractivity contribution in [3.05, 3.63) is 59.8 Å². The molecule has 0 spiro atoms. The van der Waals surface area contributed by atoms with Gasteiger partial charge < -0.3 is 24.5 Å². The van der Waals surface area contributed by atoms with Crippen LogP contribution >= 0.6 is 0 Å². The molecule has 6 heteroatoms. The van der Waals surface area contributed by atoms with E-state index >= 15 is 0 Å². The number of rotatable bonds is 6. The molecule has 26 heavy (non-hydrogen) atoms. The van der Waals surface area contributed by atoms with Crippen LogP contribution in [0.4, 0.5) is 5.69 Å². The van der Waals surface area contributed by atoms with Crippen LogP contribution in [0.1, 0.15) is 23.0 Å². The maximum Gasteiger partial charge on any atom is 0.228 e. The number of nitrogens with one attached hydrogen (secondary N) is 1. The summed E-state index contributed by atoms with van der Waals surface area (Å²) in [6, 6.07) is 14.3. The number of aryl methyl sites for hydroxylation is 1. The van der Waals surface area contributed by atoms with Crippen molar-refractivity contribution in [3.8, 4) is 5.75 Å². The summed E-state index contributed by atoms with van der Waals surface area (Å²) in [5.74, 6) is -0.876. The second-order valence-electron chi connectivity index (χ2n) is 5.87. The van der Waals surface area contributed by atoms with Crippen LogP contribution in [-0.4, -0.2) is 23.1 Å². The summed E-state index contributed by atoms with van der Waals surface area (Å²) in [5, 5.41) is 15.1. The quantitative estimate of drug-likeness (QED) is 0.737. The van der Waals surface area contributed by atoms with Crippen molar-refractivity contribution >= 4 is 28.5 Å². The van der Waals surface area contributed by atoms with E-state index in [2.05, 4.69) is 5.32 Å². The van der Waals surface area contributed by atoms with Gasteiger partial charge in [-0.3, -0.25) is 4.79 Å². The first-order valence-corrected chi connectivity index (χ1v) is 8.31. The summed E-state index contributed by atoms with van der Waals surface area (Å²) in [6.07, 6.45) is -0.0577. The van der Waals surface area contributed by atoms with Gasteiger partial charge in [0.1, 0.15) is 5.75 Å². The highest BCUT2D eigenvalue weighted by molar-refractivity contribution is 6.02. The van der Waals surface area contributed by atoms with Crippen LogP contribution in [0.15, 0.2) is 48.5 Å². The van der Waals surface area contributed by atoms with Crippen molar-refractivity contribution in [1.82, 2.24) is 4.57 Å². The fourth-order valence-electron chi connectivity index (χ4n) is 3.08. The van der Waals surface area contributed by atoms with E-state index in [9.17, 15) is 14.7 Å². The van der Waals surface area contributed by atoms with Crippen molar-refractivity contribution in [2.75, 3.05) is 11.9 Å². The Morgan fingerprint density at radius 2 is 1.81 bits per heavy atom. The Balaban J connectivity index is 1.85. The number of aromatic nitrogens is 1. The minimum atomic E-state index is -1.30. The maximum atomic E-state index is 12.5. The van der Waals surface area contributed by atoms with E-state index in [1.54, 1.807) is 41.9 Å². The van der Waals surface area contributed by atoms with Gasteiger partial charge in [0.05, 0.1) is 24.7 Å². The number of carboxylic acids is 1. The molecule has 1 amide bonds. The summed E-state index contributed by atoms with van der Waals surface area (Å²) >= 11 is 0. The number of hydrogen-bond donors (Lipinski definition) is 1. The summed E-state index contributed by atoms with van der Waals surface area (Å²) in [4.78, 5) is 24.0. The molecule has 0 aliphatic carbocycles. The number of benzene rings is 2. The van der Waals surface area contributed by atoms with E-state index in [0.29, 0.717) is 17.9 Å². The molecule has 0 bridgehead atoms. The predicted molar refractivity (Wildman–Crippen MR) is 97.2 cm³/mol. The zero-order chi connectivity index (χ0) is 18.7. The minimum absolute atomic E-state index is 0.0213. The van der Waals surface area contributed by atoms with Crippen LogP contribution in [0.2, 0.25) is 0 Å². The Labute approximate surface area is 151 Å². The van der Waals surface area contributed by atoms with E-state index in [-0.39, 0.29) is 18.0 Å². The Hall–Kier alpha value is -3.28. The number of carbonyl (C=O) groups is 2. The number of anilines is 1. The number of para-hydroxylation sites is 1. The van der Waals surface area contributed by atoms with Crippen LogP contribution in [0, 0.1) is 0 Å². The molecular formula is C20H19N2O4-. The Kier molecular flexibility index (Phi) is 4.93. The maximum absolute atomic E-state index is 12.5. The van der Waals surface area contributed by atoms with Gasteiger partial charge in [0, 0.05) is 23.6 Å². The van der Waals surface area contributed by atoms with Gasteiger partial charge >= 0.3 is 0 Å². The number of carboxylic acid groups (broad SMARTS) is 1. The second-order valence-corrected chi connectivity index (χ2v) is 5.87. The van der Waals surface area contributed by atoms with Gasteiger partial charge in [-0.15, -0.1) is 0 Å². The van der Waals surface area contributed by atoms with Crippen LogP contribution in [-0.2, 0) is 18.3 Å². The van der Waals surface area contributed by atoms with E-state index in [0.717, 1.165) is 16.7 Å². The number of fused-ring (bicyclic) bond motifs is 1. The summed E-state index contributed by atoms with van der Waals surface area (Å²) in [6.45, 7) is 2.47. The first-order chi connectivity index (χ1) is 12.5. The smallest absolute Gasteiger partial charge is 0.228 e. The molecule has 134 valence electrons. The SMILES string of the molecule is CCOc1ccc(NC(=O)Cc2c(C(=O)[O-])n(C)c3ccccc23)cc1. The number of hydrogen-bond acceptors (Lipinski definition) is 4. The lowest BCUT2D eigenvalue weighted by atomic mass is 10.1. The largest absolute Gasteiger partial charge is 0.543 e. The van der Waals surface area contributed by atoms with Crippen molar-refractivity contribution < 1.29 is 19.4 Å². The van der Waals surface area contributed by atoms with Crippen molar-refractivity contribution in [3.63, 3.8) is 0 Å². The number of carbonyl (C=O) groups excluding carboxylic acids is 2. The molecule has 0 aliphatic rings. The molecule has 3 rings (SSSR count). The molecule has 2 aromatic carbocycles. The van der Waals surface area contributed by atoms with Crippen LogP contribution in [0.5, 0.6) is 5.75 Å². The van der Waals surface area contributed by atoms with E-state index < -0.39 is 5.97 Å². The van der Waals surface area contributed by atoms with Crippen LogP contribution in [0.3, 0.4) is 0 Å². The number of aromatic carboxylic acids is 1. The van der Waals surface area contributed by atoms with Crippen LogP contribution in [0.25, 0.3) is 10.9 Å². The van der Waals surface area contributed by atoms with Gasteiger partial charge in [0.2, 0.25) is 5.91 Å². The Morgan fingerprint density at radius 3 is 2.46 bits per heavy atom. The minimum Gasteiger partial charge on any atom is -0.543 e. The third-order valence-electron chi connectivity index (χ3n) is 4.19. The molecule has 0 aliphatic heterocycles.